The summed E-state index contributed by atoms with van der Waals surface area (Å²) >= 11 is 0. The number of fused-ring (bicyclic) bond motifs is 5. The number of amidine groups is 1. The minimum Gasteiger partial charge on any atom is -0.444 e. The highest BCUT2D eigenvalue weighted by Gasteiger charge is 2.58. The Balaban J connectivity index is 1.31. The number of rotatable bonds is 7. The Morgan fingerprint density at radius 2 is 2.00 bits per heavy atom. The van der Waals surface area contributed by atoms with Crippen LogP contribution in [0.5, 0.6) is 0 Å². The van der Waals surface area contributed by atoms with E-state index >= 15 is 0 Å². The molecule has 2 heterocycles. The molecule has 1 fully saturated rings. The normalized spacial score (nSPS) is 22.9. The molecule has 3 aliphatic rings. The Morgan fingerprint density at radius 1 is 1.22 bits per heavy atom. The lowest BCUT2D eigenvalue weighted by Gasteiger charge is -2.19. The van der Waals surface area contributed by atoms with E-state index in [1.807, 2.05) is 58.0 Å². The van der Waals surface area contributed by atoms with Gasteiger partial charge in [-0.3, -0.25) is 14.4 Å². The number of ether oxygens (including phenoxy) is 1. The lowest BCUT2D eigenvalue weighted by molar-refractivity contribution is 0.0527. The lowest BCUT2D eigenvalue weighted by atomic mass is 9.91. The summed E-state index contributed by atoms with van der Waals surface area (Å²) in [6.07, 6.45) is 6.94. The molecule has 0 radical (unpaired) electrons. The van der Waals surface area contributed by atoms with Gasteiger partial charge in [0, 0.05) is 36.5 Å². The van der Waals surface area contributed by atoms with E-state index in [0.717, 1.165) is 42.0 Å². The van der Waals surface area contributed by atoms with Crippen LogP contribution in [0.2, 0.25) is 0 Å². The Bertz CT molecular complexity index is 1300. The molecule has 9 nitrogen and oxygen atoms in total. The fourth-order valence-corrected chi connectivity index (χ4v) is 5.06. The number of carbonyl (C=O) groups excluding carboxylic acids is 2. The van der Waals surface area contributed by atoms with Crippen molar-refractivity contribution in [1.29, 1.82) is 0 Å². The fourth-order valence-electron chi connectivity index (χ4n) is 5.06. The third-order valence-corrected chi connectivity index (χ3v) is 6.84. The second-order valence-corrected chi connectivity index (χ2v) is 10.9. The number of aliphatic imine (C=N–C) groups is 1. The maximum absolute atomic E-state index is 13.5. The number of aryl methyl sites for hydroxylation is 1. The Morgan fingerprint density at radius 3 is 2.76 bits per heavy atom. The number of Topliss-reactive ketones (excluding diaryl/α,β-unsaturated/α-hetero) is 1. The van der Waals surface area contributed by atoms with Gasteiger partial charge < -0.3 is 15.4 Å². The third-order valence-electron chi connectivity index (χ3n) is 6.84. The molecule has 9 heteroatoms. The maximum Gasteiger partial charge on any atom is 0.407 e. The Kier molecular flexibility index (Phi) is 6.47. The van der Waals surface area contributed by atoms with Crippen LogP contribution in [0.3, 0.4) is 0 Å². The monoisotopic (exact) mass is 502 g/mol. The van der Waals surface area contributed by atoms with Crippen molar-refractivity contribution in [3.05, 3.63) is 65.4 Å². The molecule has 194 valence electrons. The fraction of sp³-hybridized carbons (Fsp3) is 0.464. The summed E-state index contributed by atoms with van der Waals surface area (Å²) in [6, 6.07) is 9.53. The zero-order valence-electron chi connectivity index (χ0n) is 21.9. The van der Waals surface area contributed by atoms with Gasteiger partial charge in [0.25, 0.3) is 0 Å². The van der Waals surface area contributed by atoms with Crippen molar-refractivity contribution in [1.82, 2.24) is 25.4 Å². The van der Waals surface area contributed by atoms with Gasteiger partial charge in [0.05, 0.1) is 5.41 Å². The van der Waals surface area contributed by atoms with Crippen LogP contribution in [0, 0.1) is 18.3 Å². The lowest BCUT2D eigenvalue weighted by Crippen LogP contribution is -2.33. The van der Waals surface area contributed by atoms with Gasteiger partial charge >= 0.3 is 6.09 Å². The number of carbonyl (C=O) groups is 2. The summed E-state index contributed by atoms with van der Waals surface area (Å²) in [5, 5.41) is 15.0. The van der Waals surface area contributed by atoms with Crippen LogP contribution in [0.1, 0.15) is 68.5 Å². The summed E-state index contributed by atoms with van der Waals surface area (Å²) in [5.41, 5.74) is 1.74. The van der Waals surface area contributed by atoms with Gasteiger partial charge in [-0.2, -0.15) is 0 Å². The van der Waals surface area contributed by atoms with Crippen LogP contribution in [0.25, 0.3) is 5.70 Å². The van der Waals surface area contributed by atoms with Gasteiger partial charge in [0.2, 0.25) is 5.82 Å². The van der Waals surface area contributed by atoms with E-state index in [1.54, 1.807) is 0 Å². The third kappa shape index (κ3) is 5.21. The van der Waals surface area contributed by atoms with E-state index in [9.17, 15) is 9.59 Å². The molecule has 0 saturated heterocycles. The molecule has 0 spiro atoms. The predicted molar refractivity (Wildman–Crippen MR) is 141 cm³/mol. The van der Waals surface area contributed by atoms with Crippen LogP contribution in [-0.2, 0) is 4.74 Å². The first kappa shape index (κ1) is 24.9. The minimum atomic E-state index is -0.525. The molecule has 2 aliphatic carbocycles. The van der Waals surface area contributed by atoms with Crippen molar-refractivity contribution in [2.45, 2.75) is 59.0 Å². The van der Waals surface area contributed by atoms with E-state index < -0.39 is 17.1 Å². The number of nitrogens with one attached hydrogen (secondary N) is 2. The highest BCUT2D eigenvalue weighted by atomic mass is 16.6. The Hall–Kier alpha value is -3.75. The first-order valence-corrected chi connectivity index (χ1v) is 12.9. The highest BCUT2D eigenvalue weighted by Crippen LogP contribution is 2.59. The van der Waals surface area contributed by atoms with Gasteiger partial charge in [-0.15, -0.1) is 10.2 Å². The average molecular weight is 503 g/mol. The number of amides is 1. The number of unbranched alkanes of at least 4 members (excludes halogenated alkanes) is 1. The number of aromatic nitrogens is 3. The first-order chi connectivity index (χ1) is 17.7. The molecule has 1 aliphatic heterocycles. The average Bonchev–Trinajstić information content (AvgIpc) is 3.46. The van der Waals surface area contributed by atoms with Gasteiger partial charge in [0.15, 0.2) is 11.6 Å². The van der Waals surface area contributed by atoms with Crippen molar-refractivity contribution in [2.75, 3.05) is 13.1 Å². The molecule has 1 saturated carbocycles. The van der Waals surface area contributed by atoms with E-state index in [0.29, 0.717) is 31.2 Å². The SMILES string of the molecule is Cc1nnc2n1C1=CC3CC3(C(=O)c3ccccc3)C=C(C1)NC2=NCCCCNC(=O)OC(C)(C)C. The first-order valence-electron chi connectivity index (χ1n) is 12.9. The summed E-state index contributed by atoms with van der Waals surface area (Å²) in [4.78, 5) is 30.2. The summed E-state index contributed by atoms with van der Waals surface area (Å²) < 4.78 is 7.32. The standard InChI is InChI=1S/C28H34N6O3/c1-18-32-33-25-24(29-12-8-9-13-30-26(36)37-27(2,3)4)31-21-15-22(34(18)25)14-20-16-28(20,17-21)23(35)19-10-6-5-7-11-19/h5-7,10-11,14,17,20H,8-9,12-13,15-16H2,1-4H3,(H,29,31)(H,30,36). The topological polar surface area (TPSA) is 111 Å². The largest absolute Gasteiger partial charge is 0.444 e. The van der Waals surface area contributed by atoms with E-state index in [2.05, 4.69) is 37.6 Å². The van der Waals surface area contributed by atoms with Gasteiger partial charge in [0.1, 0.15) is 11.4 Å². The summed E-state index contributed by atoms with van der Waals surface area (Å²) in [6.45, 7) is 8.54. The number of hydrogen-bond acceptors (Lipinski definition) is 6. The predicted octanol–water partition coefficient (Wildman–Crippen LogP) is 4.26. The molecule has 2 aromatic rings. The van der Waals surface area contributed by atoms with Crippen molar-refractivity contribution in [3.8, 4) is 0 Å². The quantitative estimate of drug-likeness (QED) is 0.432. The van der Waals surface area contributed by atoms with Crippen LogP contribution in [-0.4, -0.2) is 51.2 Å². The second-order valence-electron chi connectivity index (χ2n) is 10.9. The number of ketones is 1. The number of hydrogen-bond donors (Lipinski definition) is 2. The van der Waals surface area contributed by atoms with Crippen molar-refractivity contribution in [2.24, 2.45) is 16.3 Å². The molecular weight excluding hydrogens is 468 g/mol. The molecule has 2 bridgehead atoms. The minimum absolute atomic E-state index is 0.153. The zero-order valence-corrected chi connectivity index (χ0v) is 21.9. The summed E-state index contributed by atoms with van der Waals surface area (Å²) in [7, 11) is 0. The second kappa shape index (κ2) is 9.61. The zero-order chi connectivity index (χ0) is 26.2. The van der Waals surface area contributed by atoms with Crippen molar-refractivity contribution < 1.29 is 14.3 Å². The molecule has 1 amide bonds. The highest BCUT2D eigenvalue weighted by molar-refractivity contribution is 6.05. The number of benzene rings is 1. The summed E-state index contributed by atoms with van der Waals surface area (Å²) in [5.74, 6) is 2.44. The van der Waals surface area contributed by atoms with Gasteiger partial charge in [-0.1, -0.05) is 42.5 Å². The molecular formula is C28H34N6O3. The molecule has 37 heavy (non-hydrogen) atoms. The Labute approximate surface area is 217 Å². The van der Waals surface area contributed by atoms with Crippen molar-refractivity contribution >= 4 is 23.4 Å². The smallest absolute Gasteiger partial charge is 0.407 e. The molecule has 2 unspecified atom stereocenters. The van der Waals surface area contributed by atoms with Crippen LogP contribution in [0.15, 0.2) is 53.2 Å². The molecule has 1 aromatic heterocycles. The van der Waals surface area contributed by atoms with Crippen LogP contribution < -0.4 is 10.6 Å². The van der Waals surface area contributed by atoms with E-state index in [4.69, 9.17) is 9.73 Å². The maximum atomic E-state index is 13.5. The molecule has 2 N–H and O–H groups in total. The van der Waals surface area contributed by atoms with E-state index in [-0.39, 0.29) is 11.7 Å². The number of alkyl carbamates (subject to hydrolysis) is 1. The van der Waals surface area contributed by atoms with Crippen LogP contribution in [0.4, 0.5) is 4.79 Å². The molecule has 2 atom stereocenters. The van der Waals surface area contributed by atoms with E-state index in [1.165, 1.54) is 0 Å². The van der Waals surface area contributed by atoms with Crippen molar-refractivity contribution in [3.63, 3.8) is 0 Å². The van der Waals surface area contributed by atoms with Gasteiger partial charge in [-0.25, -0.2) is 4.79 Å². The number of nitrogens with zero attached hydrogens (tertiary/aromatic N) is 4. The van der Waals surface area contributed by atoms with Crippen LogP contribution >= 0.6 is 0 Å². The molecule has 5 rings (SSSR count). The van der Waals surface area contributed by atoms with Gasteiger partial charge in [-0.05, 0) is 52.9 Å². The number of allylic oxidation sites excluding steroid dienone is 3. The molecule has 1 aromatic carbocycles.